The van der Waals surface area contributed by atoms with Gasteiger partial charge in [0.15, 0.2) is 0 Å². The van der Waals surface area contributed by atoms with Gasteiger partial charge in [-0.05, 0) is 42.0 Å². The molecule has 0 bridgehead atoms. The first kappa shape index (κ1) is 10.2. The molecular formula is C13H16O2. The zero-order chi connectivity index (χ0) is 10.8. The molecule has 2 heteroatoms. The van der Waals surface area contributed by atoms with Crippen LogP contribution < -0.4 is 4.74 Å². The second-order valence-electron chi connectivity index (χ2n) is 4.21. The van der Waals surface area contributed by atoms with Gasteiger partial charge >= 0.3 is 0 Å². The lowest BCUT2D eigenvalue weighted by atomic mass is 9.90. The molecule has 2 unspecified atom stereocenters. The molecule has 0 saturated heterocycles. The average Bonchev–Trinajstić information content (AvgIpc) is 2.70. The Morgan fingerprint density at radius 2 is 2.33 bits per heavy atom. The van der Waals surface area contributed by atoms with Crippen molar-refractivity contribution in [2.75, 3.05) is 7.11 Å². The summed E-state index contributed by atoms with van der Waals surface area (Å²) in [5, 5.41) is 0. The number of aryl methyl sites for hydroxylation is 1. The lowest BCUT2D eigenvalue weighted by molar-refractivity contribution is -0.111. The molecule has 0 fully saturated rings. The van der Waals surface area contributed by atoms with E-state index in [9.17, 15) is 4.79 Å². The Bertz CT molecular complexity index is 371. The summed E-state index contributed by atoms with van der Waals surface area (Å²) in [7, 11) is 1.68. The molecule has 0 N–H and O–H groups in total. The molecule has 1 aliphatic rings. The van der Waals surface area contributed by atoms with E-state index in [-0.39, 0.29) is 5.92 Å². The van der Waals surface area contributed by atoms with E-state index in [1.165, 1.54) is 11.1 Å². The van der Waals surface area contributed by atoms with Gasteiger partial charge in [-0.1, -0.05) is 13.0 Å². The molecule has 0 amide bonds. The fourth-order valence-electron chi connectivity index (χ4n) is 2.39. The van der Waals surface area contributed by atoms with Crippen molar-refractivity contribution in [3.63, 3.8) is 0 Å². The first-order valence-electron chi connectivity index (χ1n) is 5.38. The highest BCUT2D eigenvalue weighted by Gasteiger charge is 2.27. The molecular weight excluding hydrogens is 188 g/mol. The number of hydrogen-bond donors (Lipinski definition) is 0. The van der Waals surface area contributed by atoms with Gasteiger partial charge in [0.05, 0.1) is 7.11 Å². The zero-order valence-electron chi connectivity index (χ0n) is 9.19. The Hall–Kier alpha value is -1.31. The van der Waals surface area contributed by atoms with E-state index >= 15 is 0 Å². The van der Waals surface area contributed by atoms with Crippen LogP contribution in [0, 0.1) is 5.92 Å². The summed E-state index contributed by atoms with van der Waals surface area (Å²) in [6.45, 7) is 2.00. The molecule has 0 heterocycles. The van der Waals surface area contributed by atoms with Crippen molar-refractivity contribution < 1.29 is 9.53 Å². The van der Waals surface area contributed by atoms with Gasteiger partial charge in [0.2, 0.25) is 0 Å². The normalized spacial score (nSPS) is 20.8. The van der Waals surface area contributed by atoms with Crippen molar-refractivity contribution >= 4 is 6.29 Å². The monoisotopic (exact) mass is 204 g/mol. The number of ether oxygens (including phenoxy) is 1. The number of carbonyl (C=O) groups excluding carboxylic acids is 1. The average molecular weight is 204 g/mol. The minimum absolute atomic E-state index is 0.125. The van der Waals surface area contributed by atoms with Crippen molar-refractivity contribution in [2.45, 2.75) is 25.7 Å². The van der Waals surface area contributed by atoms with Crippen molar-refractivity contribution in [3.8, 4) is 5.75 Å². The minimum atomic E-state index is 0.125. The summed E-state index contributed by atoms with van der Waals surface area (Å²) in [5.74, 6) is 1.44. The Morgan fingerprint density at radius 3 is 3.00 bits per heavy atom. The minimum Gasteiger partial charge on any atom is -0.497 e. The summed E-state index contributed by atoms with van der Waals surface area (Å²) in [4.78, 5) is 10.8. The maximum absolute atomic E-state index is 10.8. The first-order valence-corrected chi connectivity index (χ1v) is 5.38. The lowest BCUT2D eigenvalue weighted by Gasteiger charge is -2.14. The summed E-state index contributed by atoms with van der Waals surface area (Å²) in [5.41, 5.74) is 2.67. The van der Waals surface area contributed by atoms with E-state index < -0.39 is 0 Å². The fraction of sp³-hybridized carbons (Fsp3) is 0.462. The highest BCUT2D eigenvalue weighted by Crippen LogP contribution is 2.38. The van der Waals surface area contributed by atoms with Crippen LogP contribution in [0.3, 0.4) is 0 Å². The van der Waals surface area contributed by atoms with E-state index in [1.54, 1.807) is 7.11 Å². The predicted molar refractivity (Wildman–Crippen MR) is 59.3 cm³/mol. The molecule has 0 aliphatic heterocycles. The molecule has 1 aromatic carbocycles. The Morgan fingerprint density at radius 1 is 1.53 bits per heavy atom. The molecule has 0 aromatic heterocycles. The van der Waals surface area contributed by atoms with Crippen molar-refractivity contribution in [2.24, 2.45) is 5.92 Å². The SMILES string of the molecule is COc1ccc2c(c1)CCC2C(C)C=O. The third kappa shape index (κ3) is 1.76. The van der Waals surface area contributed by atoms with Crippen LogP contribution in [0.2, 0.25) is 0 Å². The van der Waals surface area contributed by atoms with Gasteiger partial charge in [0, 0.05) is 5.92 Å². The summed E-state index contributed by atoms with van der Waals surface area (Å²) < 4.78 is 5.19. The smallest absolute Gasteiger partial charge is 0.123 e. The predicted octanol–water partition coefficient (Wildman–Crippen LogP) is 2.56. The molecule has 80 valence electrons. The molecule has 15 heavy (non-hydrogen) atoms. The third-order valence-corrected chi connectivity index (χ3v) is 3.32. The van der Waals surface area contributed by atoms with E-state index in [2.05, 4.69) is 12.1 Å². The van der Waals surface area contributed by atoms with Crippen LogP contribution in [0.1, 0.15) is 30.4 Å². The van der Waals surface area contributed by atoms with Crippen LogP contribution >= 0.6 is 0 Å². The number of rotatable bonds is 3. The van der Waals surface area contributed by atoms with Crippen LogP contribution in [-0.4, -0.2) is 13.4 Å². The third-order valence-electron chi connectivity index (χ3n) is 3.32. The highest BCUT2D eigenvalue weighted by molar-refractivity contribution is 5.57. The second-order valence-corrected chi connectivity index (χ2v) is 4.21. The number of carbonyl (C=O) groups is 1. The number of fused-ring (bicyclic) bond motifs is 1. The van der Waals surface area contributed by atoms with Gasteiger partial charge in [-0.15, -0.1) is 0 Å². The van der Waals surface area contributed by atoms with Crippen LogP contribution in [-0.2, 0) is 11.2 Å². The second kappa shape index (κ2) is 4.05. The van der Waals surface area contributed by atoms with Crippen LogP contribution in [0.4, 0.5) is 0 Å². The van der Waals surface area contributed by atoms with Crippen molar-refractivity contribution in [1.82, 2.24) is 0 Å². The number of hydrogen-bond acceptors (Lipinski definition) is 2. The van der Waals surface area contributed by atoms with Crippen LogP contribution in [0.25, 0.3) is 0 Å². The Balaban J connectivity index is 2.31. The number of methoxy groups -OCH3 is 1. The van der Waals surface area contributed by atoms with Crippen LogP contribution in [0.5, 0.6) is 5.75 Å². The molecule has 2 nitrogen and oxygen atoms in total. The van der Waals surface area contributed by atoms with E-state index in [1.807, 2.05) is 13.0 Å². The molecule has 0 spiro atoms. The standard InChI is InChI=1S/C13H16O2/c1-9(8-14)12-5-3-10-7-11(15-2)4-6-13(10)12/h4,6-9,12H,3,5H2,1-2H3. The van der Waals surface area contributed by atoms with Gasteiger partial charge in [0.1, 0.15) is 12.0 Å². The summed E-state index contributed by atoms with van der Waals surface area (Å²) in [6, 6.07) is 6.17. The first-order chi connectivity index (χ1) is 7.26. The molecule has 0 radical (unpaired) electrons. The van der Waals surface area contributed by atoms with Crippen molar-refractivity contribution in [1.29, 1.82) is 0 Å². The number of benzene rings is 1. The van der Waals surface area contributed by atoms with Crippen molar-refractivity contribution in [3.05, 3.63) is 29.3 Å². The van der Waals surface area contributed by atoms with E-state index in [0.29, 0.717) is 5.92 Å². The topological polar surface area (TPSA) is 26.3 Å². The zero-order valence-corrected chi connectivity index (χ0v) is 9.19. The molecule has 1 aromatic rings. The summed E-state index contributed by atoms with van der Waals surface area (Å²) >= 11 is 0. The van der Waals surface area contributed by atoms with Gasteiger partial charge in [-0.25, -0.2) is 0 Å². The summed E-state index contributed by atoms with van der Waals surface area (Å²) in [6.07, 6.45) is 3.21. The van der Waals surface area contributed by atoms with Gasteiger partial charge in [-0.3, -0.25) is 0 Å². The maximum atomic E-state index is 10.8. The van der Waals surface area contributed by atoms with Crippen LogP contribution in [0.15, 0.2) is 18.2 Å². The maximum Gasteiger partial charge on any atom is 0.123 e. The Labute approximate surface area is 90.3 Å². The molecule has 1 aliphatic carbocycles. The lowest BCUT2D eigenvalue weighted by Crippen LogP contribution is -2.07. The van der Waals surface area contributed by atoms with Gasteiger partial charge in [-0.2, -0.15) is 0 Å². The highest BCUT2D eigenvalue weighted by atomic mass is 16.5. The van der Waals surface area contributed by atoms with Gasteiger partial charge in [0.25, 0.3) is 0 Å². The Kier molecular flexibility index (Phi) is 2.76. The van der Waals surface area contributed by atoms with E-state index in [0.717, 1.165) is 24.9 Å². The molecule has 2 rings (SSSR count). The molecule has 0 saturated carbocycles. The fourth-order valence-corrected chi connectivity index (χ4v) is 2.39. The molecule has 2 atom stereocenters. The van der Waals surface area contributed by atoms with E-state index in [4.69, 9.17) is 4.74 Å². The number of aldehydes is 1. The van der Waals surface area contributed by atoms with Gasteiger partial charge < -0.3 is 9.53 Å². The largest absolute Gasteiger partial charge is 0.497 e. The quantitative estimate of drug-likeness (QED) is 0.707.